The second kappa shape index (κ2) is 11.7. The number of carbonyl (C=O) groups is 3. The molecule has 1 N–H and O–H groups in total. The third-order valence-electron chi connectivity index (χ3n) is 9.50. The number of benzene rings is 1. The number of pyridine rings is 1. The van der Waals surface area contributed by atoms with Crippen LogP contribution in [0, 0.1) is 12.8 Å². The summed E-state index contributed by atoms with van der Waals surface area (Å²) in [5.41, 5.74) is 6.14. The first-order chi connectivity index (χ1) is 21.6. The van der Waals surface area contributed by atoms with Gasteiger partial charge in [0.2, 0.25) is 5.91 Å². The summed E-state index contributed by atoms with van der Waals surface area (Å²) in [4.78, 5) is 47.7. The summed E-state index contributed by atoms with van der Waals surface area (Å²) < 4.78 is 12.6. The predicted octanol–water partition coefficient (Wildman–Crippen LogP) is 6.83. The molecule has 0 bridgehead atoms. The molecule has 2 aromatic heterocycles. The van der Waals surface area contributed by atoms with Crippen molar-refractivity contribution in [3.8, 4) is 11.1 Å². The van der Waals surface area contributed by atoms with Gasteiger partial charge in [0.05, 0.1) is 18.6 Å². The highest BCUT2D eigenvalue weighted by Gasteiger charge is 2.37. The molecule has 2 fully saturated rings. The van der Waals surface area contributed by atoms with Crippen LogP contribution in [0.5, 0.6) is 0 Å². The average molecular weight is 631 g/mol. The van der Waals surface area contributed by atoms with E-state index in [0.717, 1.165) is 58.2 Å². The van der Waals surface area contributed by atoms with Crippen LogP contribution in [-0.4, -0.2) is 74.5 Å². The number of ether oxygens (including phenoxy) is 2. The normalized spacial score (nSPS) is 20.3. The van der Waals surface area contributed by atoms with Crippen LogP contribution >= 0.6 is 0 Å². The van der Waals surface area contributed by atoms with Crippen LogP contribution in [-0.2, 0) is 32.6 Å². The molecule has 10 heteroatoms. The van der Waals surface area contributed by atoms with Crippen LogP contribution in [0.4, 0.5) is 9.59 Å². The molecule has 2 atom stereocenters. The van der Waals surface area contributed by atoms with Crippen molar-refractivity contribution in [2.24, 2.45) is 5.92 Å². The monoisotopic (exact) mass is 630 g/mol. The van der Waals surface area contributed by atoms with Gasteiger partial charge in [0.25, 0.3) is 0 Å². The maximum Gasteiger partial charge on any atom is 0.417 e. The molecule has 0 spiro atoms. The van der Waals surface area contributed by atoms with Crippen molar-refractivity contribution in [3.05, 3.63) is 52.3 Å². The van der Waals surface area contributed by atoms with Crippen molar-refractivity contribution in [1.29, 1.82) is 0 Å². The summed E-state index contributed by atoms with van der Waals surface area (Å²) >= 11 is 0. The van der Waals surface area contributed by atoms with E-state index < -0.39 is 17.1 Å². The first kappa shape index (κ1) is 32.0. The van der Waals surface area contributed by atoms with Gasteiger partial charge in [0.15, 0.2) is 0 Å². The van der Waals surface area contributed by atoms with Crippen molar-refractivity contribution >= 4 is 29.1 Å². The van der Waals surface area contributed by atoms with E-state index in [1.54, 1.807) is 6.20 Å². The van der Waals surface area contributed by atoms with E-state index in [0.29, 0.717) is 44.9 Å². The molecule has 3 aliphatic rings. The number of hydrogen-bond donors (Lipinski definition) is 1. The fourth-order valence-electron chi connectivity index (χ4n) is 7.56. The highest BCUT2D eigenvalue weighted by Crippen LogP contribution is 2.41. The van der Waals surface area contributed by atoms with E-state index in [4.69, 9.17) is 14.5 Å². The molecule has 246 valence electrons. The molecule has 0 radical (unpaired) electrons. The summed E-state index contributed by atoms with van der Waals surface area (Å²) in [6.45, 7) is 16.4. The smallest absolute Gasteiger partial charge is 0.417 e. The molecule has 6 rings (SSSR count). The number of fused-ring (bicyclic) bond motifs is 2. The number of hydrogen-bond acceptors (Lipinski definition) is 6. The van der Waals surface area contributed by atoms with Gasteiger partial charge in [-0.3, -0.25) is 4.79 Å². The van der Waals surface area contributed by atoms with E-state index in [1.165, 1.54) is 10.1 Å². The third-order valence-corrected chi connectivity index (χ3v) is 9.50. The van der Waals surface area contributed by atoms with E-state index in [-0.39, 0.29) is 24.0 Å². The summed E-state index contributed by atoms with van der Waals surface area (Å²) in [5, 5.41) is 10.9. The molecule has 5 heterocycles. The average Bonchev–Trinajstić information content (AvgIpc) is 3.74. The number of likely N-dealkylation sites (tertiary alicyclic amines) is 1. The van der Waals surface area contributed by atoms with Crippen LogP contribution in [0.25, 0.3) is 22.2 Å². The van der Waals surface area contributed by atoms with Gasteiger partial charge in [0.1, 0.15) is 11.2 Å². The Hall–Kier alpha value is -3.92. The van der Waals surface area contributed by atoms with Crippen LogP contribution in [0.15, 0.2) is 24.4 Å². The van der Waals surface area contributed by atoms with Gasteiger partial charge in [-0.05, 0) is 99.4 Å². The van der Waals surface area contributed by atoms with Crippen molar-refractivity contribution in [3.63, 3.8) is 0 Å². The molecule has 3 aliphatic heterocycles. The van der Waals surface area contributed by atoms with E-state index in [2.05, 4.69) is 12.1 Å². The standard InChI is InChI=1S/C36H46N4O6/c1-21-27-17-24(18-37-31(27)40(33(42)43)30(21)35(2,3)4)23-15-25-19-38(32(41)22-11-14-45-20-22)13-10-26(25)28(16-23)29-9-8-12-39(29)34(44)46-36(5,6)7/h15-18,22,29H,8-14,19-20H2,1-7H3,(H,42,43). The van der Waals surface area contributed by atoms with Crippen molar-refractivity contribution in [1.82, 2.24) is 19.4 Å². The lowest BCUT2D eigenvalue weighted by molar-refractivity contribution is -0.136. The lowest BCUT2D eigenvalue weighted by Gasteiger charge is -2.35. The molecular formula is C36H46N4O6. The number of amides is 2. The number of rotatable bonds is 3. The number of carboxylic acid groups (broad SMARTS) is 1. The zero-order valence-electron chi connectivity index (χ0n) is 28.1. The number of nitrogens with zero attached hydrogens (tertiary/aromatic N) is 4. The first-order valence-electron chi connectivity index (χ1n) is 16.4. The minimum absolute atomic E-state index is 0.105. The molecule has 46 heavy (non-hydrogen) atoms. The Morgan fingerprint density at radius 2 is 1.78 bits per heavy atom. The van der Waals surface area contributed by atoms with Gasteiger partial charge in [0, 0.05) is 54.5 Å². The molecule has 2 unspecified atom stereocenters. The Kier molecular flexibility index (Phi) is 8.15. The Labute approximate surface area is 270 Å². The molecule has 3 aromatic rings. The molecule has 0 saturated carbocycles. The van der Waals surface area contributed by atoms with Crippen LogP contribution < -0.4 is 0 Å². The van der Waals surface area contributed by atoms with Gasteiger partial charge in [-0.15, -0.1) is 0 Å². The van der Waals surface area contributed by atoms with Gasteiger partial charge in [-0.25, -0.2) is 19.1 Å². The summed E-state index contributed by atoms with van der Waals surface area (Å²) in [6, 6.07) is 6.20. The zero-order chi connectivity index (χ0) is 33.1. The molecule has 1 aromatic carbocycles. The lowest BCUT2D eigenvalue weighted by atomic mass is 9.86. The summed E-state index contributed by atoms with van der Waals surface area (Å²) in [7, 11) is 0. The lowest BCUT2D eigenvalue weighted by Crippen LogP contribution is -2.41. The fraction of sp³-hybridized carbons (Fsp3) is 0.556. The molecular weight excluding hydrogens is 584 g/mol. The number of carbonyl (C=O) groups excluding carboxylic acids is 2. The maximum atomic E-state index is 13.5. The van der Waals surface area contributed by atoms with E-state index in [9.17, 15) is 19.5 Å². The van der Waals surface area contributed by atoms with Crippen LogP contribution in [0.1, 0.15) is 94.8 Å². The minimum atomic E-state index is -1.06. The predicted molar refractivity (Wildman–Crippen MR) is 175 cm³/mol. The van der Waals surface area contributed by atoms with Crippen LogP contribution in [0.3, 0.4) is 0 Å². The summed E-state index contributed by atoms with van der Waals surface area (Å²) in [5.74, 6) is 0.0290. The second-order valence-corrected chi connectivity index (χ2v) is 15.0. The zero-order valence-corrected chi connectivity index (χ0v) is 28.1. The highest BCUT2D eigenvalue weighted by molar-refractivity contribution is 5.93. The second-order valence-electron chi connectivity index (χ2n) is 15.0. The number of aryl methyl sites for hydroxylation is 1. The van der Waals surface area contributed by atoms with Crippen LogP contribution in [0.2, 0.25) is 0 Å². The Bertz CT molecular complexity index is 1710. The van der Waals surface area contributed by atoms with Crippen molar-refractivity contribution in [2.45, 2.75) is 97.8 Å². The van der Waals surface area contributed by atoms with Gasteiger partial charge < -0.3 is 24.4 Å². The SMILES string of the molecule is Cc1c(C(C)(C)C)n(C(=O)O)c2ncc(-c3cc4c(c(C5CCCN5C(=O)OC(C)(C)C)c3)CCN(C(=O)C3CCOC3)C4)cc12. The van der Waals surface area contributed by atoms with E-state index in [1.807, 2.05) is 64.3 Å². The Balaban J connectivity index is 1.47. The minimum Gasteiger partial charge on any atom is -0.464 e. The van der Waals surface area contributed by atoms with E-state index >= 15 is 0 Å². The summed E-state index contributed by atoms with van der Waals surface area (Å²) in [6.07, 6.45) is 3.52. The van der Waals surface area contributed by atoms with Gasteiger partial charge in [-0.1, -0.05) is 20.8 Å². The Morgan fingerprint density at radius 1 is 1.02 bits per heavy atom. The number of aromatic nitrogens is 2. The molecule has 10 nitrogen and oxygen atoms in total. The third kappa shape index (κ3) is 5.87. The maximum absolute atomic E-state index is 13.5. The molecule has 0 aliphatic carbocycles. The molecule has 2 saturated heterocycles. The van der Waals surface area contributed by atoms with Crippen molar-refractivity contribution in [2.75, 3.05) is 26.3 Å². The fourth-order valence-corrected chi connectivity index (χ4v) is 7.56. The van der Waals surface area contributed by atoms with Gasteiger partial charge in [-0.2, -0.15) is 0 Å². The Morgan fingerprint density at radius 3 is 2.43 bits per heavy atom. The first-order valence-corrected chi connectivity index (χ1v) is 16.4. The quantitative estimate of drug-likeness (QED) is 0.337. The molecule has 2 amide bonds. The topological polar surface area (TPSA) is 114 Å². The van der Waals surface area contributed by atoms with Gasteiger partial charge >= 0.3 is 12.2 Å². The van der Waals surface area contributed by atoms with Crippen molar-refractivity contribution < 1.29 is 29.0 Å². The largest absolute Gasteiger partial charge is 0.464 e. The highest BCUT2D eigenvalue weighted by atomic mass is 16.6.